The summed E-state index contributed by atoms with van der Waals surface area (Å²) in [6.07, 6.45) is -1.27. The molecule has 5 N–H and O–H groups in total. The summed E-state index contributed by atoms with van der Waals surface area (Å²) in [6, 6.07) is 25.0. The van der Waals surface area contributed by atoms with Crippen LogP contribution in [0.25, 0.3) is 11.2 Å². The van der Waals surface area contributed by atoms with Crippen molar-refractivity contribution in [2.45, 2.75) is 60.3 Å². The van der Waals surface area contributed by atoms with E-state index in [2.05, 4.69) is 15.0 Å². The highest BCUT2D eigenvalue weighted by atomic mass is 35.5. The van der Waals surface area contributed by atoms with Gasteiger partial charge in [0.1, 0.15) is 24.1 Å². The zero-order valence-electron chi connectivity index (χ0n) is 25.5. The normalized spacial score (nSPS) is 19.3. The maximum absolute atomic E-state index is 14.0. The largest absolute Gasteiger partial charge is 0.493 e. The van der Waals surface area contributed by atoms with Gasteiger partial charge in [-0.3, -0.25) is 13.7 Å². The van der Waals surface area contributed by atoms with Crippen molar-refractivity contribution in [2.24, 2.45) is 0 Å². The lowest BCUT2D eigenvalue weighted by Crippen LogP contribution is -2.33. The minimum Gasteiger partial charge on any atom is -0.493 e. The average Bonchev–Trinajstić information content (AvgIpc) is 3.71. The molecule has 3 aromatic heterocycles. The fourth-order valence-electron chi connectivity index (χ4n) is 6.00. The number of benzene rings is 3. The van der Waals surface area contributed by atoms with Crippen molar-refractivity contribution in [3.63, 3.8) is 0 Å². The summed E-state index contributed by atoms with van der Waals surface area (Å²) in [5.74, 6) is 0.0178. The Labute approximate surface area is 284 Å². The van der Waals surface area contributed by atoms with Crippen LogP contribution in [-0.2, 0) is 24.2 Å². The molecule has 12 nitrogen and oxygen atoms in total. The van der Waals surface area contributed by atoms with E-state index >= 15 is 0 Å². The van der Waals surface area contributed by atoms with Crippen molar-refractivity contribution in [1.29, 1.82) is 0 Å². The second kappa shape index (κ2) is 13.5. The lowest BCUT2D eigenvalue weighted by atomic mass is 10.1. The highest BCUT2D eigenvalue weighted by Gasteiger charge is 2.44. The summed E-state index contributed by atoms with van der Waals surface area (Å²) < 4.78 is 10.5. The predicted octanol–water partition coefficient (Wildman–Crippen LogP) is 4.23. The maximum Gasteiger partial charge on any atom is 0.331 e. The van der Waals surface area contributed by atoms with Gasteiger partial charge in [-0.25, -0.2) is 19.7 Å². The van der Waals surface area contributed by atoms with Crippen LogP contribution in [0.5, 0.6) is 5.88 Å². The van der Waals surface area contributed by atoms with Gasteiger partial charge in [0.2, 0.25) is 5.88 Å². The Bertz CT molecular complexity index is 2120. The molecule has 0 amide bonds. The molecule has 4 atom stereocenters. The van der Waals surface area contributed by atoms with E-state index in [9.17, 15) is 20.1 Å². The fraction of sp³-hybridized carbons (Fsp3) is 0.235. The number of anilines is 1. The van der Waals surface area contributed by atoms with Crippen molar-refractivity contribution in [1.82, 2.24) is 28.7 Å². The summed E-state index contributed by atoms with van der Waals surface area (Å²) in [6.45, 7) is 0.252. The van der Waals surface area contributed by atoms with Gasteiger partial charge in [0, 0.05) is 27.8 Å². The highest BCUT2D eigenvalue weighted by molar-refractivity contribution is 7.99. The van der Waals surface area contributed by atoms with Crippen LogP contribution in [0.15, 0.2) is 106 Å². The van der Waals surface area contributed by atoms with Gasteiger partial charge in [-0.2, -0.15) is 0 Å². The molecule has 1 aliphatic heterocycles. The third kappa shape index (κ3) is 6.18. The first-order valence-corrected chi connectivity index (χ1v) is 16.5. The number of nitrogens with zero attached hydrogens (tertiary/aromatic N) is 6. The number of aromatic nitrogens is 6. The van der Waals surface area contributed by atoms with Crippen molar-refractivity contribution in [3.8, 4) is 5.88 Å². The molecule has 6 aromatic rings. The number of hydrogen-bond donors (Lipinski definition) is 4. The highest BCUT2D eigenvalue weighted by Crippen LogP contribution is 2.35. The van der Waals surface area contributed by atoms with Gasteiger partial charge in [0.25, 0.3) is 0 Å². The molecule has 14 heteroatoms. The van der Waals surface area contributed by atoms with E-state index < -0.39 is 30.2 Å². The van der Waals surface area contributed by atoms with E-state index in [4.69, 9.17) is 22.1 Å². The summed E-state index contributed by atoms with van der Waals surface area (Å²) in [4.78, 5) is 28.4. The molecule has 0 bridgehead atoms. The molecule has 246 valence electrons. The summed E-state index contributed by atoms with van der Waals surface area (Å²) in [5, 5.41) is 34.1. The summed E-state index contributed by atoms with van der Waals surface area (Å²) in [7, 11) is 0. The molecule has 0 spiro atoms. The van der Waals surface area contributed by atoms with Crippen LogP contribution in [0.2, 0.25) is 5.02 Å². The molecule has 3 aromatic carbocycles. The van der Waals surface area contributed by atoms with Crippen LogP contribution < -0.4 is 11.4 Å². The number of hydrogen-bond acceptors (Lipinski definition) is 10. The van der Waals surface area contributed by atoms with Crippen LogP contribution in [0.4, 0.5) is 5.82 Å². The molecule has 48 heavy (non-hydrogen) atoms. The van der Waals surface area contributed by atoms with E-state index in [1.54, 1.807) is 16.3 Å². The van der Waals surface area contributed by atoms with Gasteiger partial charge in [-0.05, 0) is 47.9 Å². The van der Waals surface area contributed by atoms with E-state index in [0.717, 1.165) is 20.9 Å². The molecule has 1 saturated heterocycles. The van der Waals surface area contributed by atoms with Gasteiger partial charge < -0.3 is 25.8 Å². The number of rotatable bonds is 10. The number of ether oxygens (including phenoxy) is 1. The molecule has 0 radical (unpaired) electrons. The molecule has 0 saturated carbocycles. The van der Waals surface area contributed by atoms with Crippen LogP contribution in [0.3, 0.4) is 0 Å². The minimum absolute atomic E-state index is 0.0294. The van der Waals surface area contributed by atoms with Crippen molar-refractivity contribution in [3.05, 3.63) is 124 Å². The van der Waals surface area contributed by atoms with Crippen LogP contribution in [0, 0.1) is 0 Å². The smallest absolute Gasteiger partial charge is 0.331 e. The van der Waals surface area contributed by atoms with E-state index in [1.807, 2.05) is 78.9 Å². The number of fused-ring (bicyclic) bond motifs is 1. The van der Waals surface area contributed by atoms with Crippen molar-refractivity contribution in [2.75, 3.05) is 5.73 Å². The third-order valence-corrected chi connectivity index (χ3v) is 9.87. The Balaban J connectivity index is 1.17. The molecule has 1 fully saturated rings. The number of aliphatic hydroxyl groups excluding tert-OH is 2. The quantitative estimate of drug-likeness (QED) is 0.164. The Morgan fingerprint density at radius 3 is 2.46 bits per heavy atom. The number of imidazole rings is 2. The zero-order valence-corrected chi connectivity index (χ0v) is 27.1. The lowest BCUT2D eigenvalue weighted by Gasteiger charge is -2.16. The molecule has 4 heterocycles. The molecule has 0 aliphatic carbocycles. The van der Waals surface area contributed by atoms with E-state index in [-0.39, 0.29) is 31.2 Å². The fourth-order valence-corrected chi connectivity index (χ4v) is 7.06. The number of aromatic hydroxyl groups is 1. The predicted molar refractivity (Wildman–Crippen MR) is 181 cm³/mol. The number of nitrogen functional groups attached to an aromatic ring is 1. The molecular formula is C34H32ClN7O5S. The topological polar surface area (TPSA) is 166 Å². The standard InChI is InChI=1S/C34H32ClN7O5S/c35-22-10-12-23(13-11-22)48-26-9-5-4-8-21(26)17-41-24(16-20-6-2-1-3-7-20)32(45)40(34(41)46)15-14-25-28(43)29(44)33(47-25)42-19-39-27-30(36)37-18-38-31(27)42/h1-13,18-19,25,28-29,33,43-45H,14-17H2,(H2,36,37,38)/t25-,28-,29?,33-/m1/s1. The first-order chi connectivity index (χ1) is 23.3. The van der Waals surface area contributed by atoms with Gasteiger partial charge in [0.15, 0.2) is 17.7 Å². The number of nitrogens with two attached hydrogens (primary N) is 1. The first kappa shape index (κ1) is 31.9. The monoisotopic (exact) mass is 685 g/mol. The lowest BCUT2D eigenvalue weighted by molar-refractivity contribution is -0.0380. The second-order valence-electron chi connectivity index (χ2n) is 11.5. The number of halogens is 1. The molecule has 1 unspecified atom stereocenters. The second-order valence-corrected chi connectivity index (χ2v) is 13.1. The van der Waals surface area contributed by atoms with E-state index in [1.165, 1.54) is 21.8 Å². The van der Waals surface area contributed by atoms with E-state index in [0.29, 0.717) is 28.3 Å². The van der Waals surface area contributed by atoms with Crippen LogP contribution >= 0.6 is 23.4 Å². The molecule has 1 aliphatic rings. The van der Waals surface area contributed by atoms with Crippen LogP contribution in [0.1, 0.15) is 29.5 Å². The van der Waals surface area contributed by atoms with Gasteiger partial charge >= 0.3 is 5.69 Å². The zero-order chi connectivity index (χ0) is 33.4. The third-order valence-electron chi connectivity index (χ3n) is 8.49. The molecule has 7 rings (SSSR count). The van der Waals surface area contributed by atoms with Crippen LogP contribution in [-0.4, -0.2) is 62.3 Å². The average molecular weight is 686 g/mol. The van der Waals surface area contributed by atoms with Gasteiger partial charge in [-0.1, -0.05) is 71.9 Å². The summed E-state index contributed by atoms with van der Waals surface area (Å²) in [5.41, 5.74) is 8.52. The molecular weight excluding hydrogens is 654 g/mol. The van der Waals surface area contributed by atoms with Gasteiger partial charge in [-0.15, -0.1) is 0 Å². The Kier molecular flexibility index (Phi) is 8.94. The Morgan fingerprint density at radius 1 is 0.917 bits per heavy atom. The van der Waals surface area contributed by atoms with Crippen molar-refractivity contribution < 1.29 is 20.1 Å². The Morgan fingerprint density at radius 2 is 1.67 bits per heavy atom. The van der Waals surface area contributed by atoms with Crippen molar-refractivity contribution >= 4 is 40.3 Å². The van der Waals surface area contributed by atoms with Gasteiger partial charge in [0.05, 0.1) is 24.7 Å². The number of aliphatic hydroxyl groups is 2. The minimum atomic E-state index is -1.30. The summed E-state index contributed by atoms with van der Waals surface area (Å²) >= 11 is 7.65. The first-order valence-electron chi connectivity index (χ1n) is 15.3. The Hall–Kier alpha value is -4.66. The maximum atomic E-state index is 14.0. The SMILES string of the molecule is Nc1ncnc2c1ncn2[C@@H]1O[C@H](CCn2c(O)c(Cc3ccccc3)n(Cc3ccccc3Sc3ccc(Cl)cc3)c2=O)[C@@H](O)C1O.